The Hall–Kier alpha value is -6.91. The summed E-state index contributed by atoms with van der Waals surface area (Å²) in [5.41, 5.74) is 2.61. The van der Waals surface area contributed by atoms with E-state index in [1.54, 1.807) is 80.5 Å². The summed E-state index contributed by atoms with van der Waals surface area (Å²) >= 11 is 0. The number of amides is 4. The molecule has 0 saturated carbocycles. The van der Waals surface area contributed by atoms with Crippen LogP contribution < -0.4 is 68.5 Å². The van der Waals surface area contributed by atoms with Gasteiger partial charge in [0.2, 0.25) is 69.2 Å². The minimum absolute atomic E-state index is 0. The fraction of sp³-hybridized carbons (Fsp3) is 0.608. The average molecular weight is 1930 g/mol. The largest absolute Gasteiger partial charge is 1.00 e. The van der Waals surface area contributed by atoms with E-state index in [1.165, 1.54) is 60.3 Å². The second kappa shape index (κ2) is 75.3. The van der Waals surface area contributed by atoms with Crippen molar-refractivity contribution in [1.29, 1.82) is 0 Å². The molecule has 0 aliphatic carbocycles. The monoisotopic (exact) mass is 1930 g/mol. The van der Waals surface area contributed by atoms with Crippen molar-refractivity contribution >= 4 is 134 Å². The van der Waals surface area contributed by atoms with Crippen LogP contribution in [0.15, 0.2) is 119 Å². The maximum Gasteiger partial charge on any atom is 1.00 e. The fourth-order valence-corrected chi connectivity index (χ4v) is 10.1. The number of sulfonamides is 6. The van der Waals surface area contributed by atoms with Gasteiger partial charge in [-0.3, -0.25) is 9.59 Å². The van der Waals surface area contributed by atoms with Gasteiger partial charge in [-0.25, -0.2) is 121 Å². The molecule has 716 valence electrons. The van der Waals surface area contributed by atoms with E-state index in [0.717, 1.165) is 80.8 Å². The molecule has 123 heavy (non-hydrogen) atoms. The Morgan fingerprint density at radius 3 is 0.902 bits per heavy atom. The van der Waals surface area contributed by atoms with E-state index in [2.05, 4.69) is 68.3 Å². The number of imide groups is 1. The van der Waals surface area contributed by atoms with Crippen molar-refractivity contribution in [2.75, 3.05) is 116 Å². The molecule has 49 heteroatoms. The van der Waals surface area contributed by atoms with Crippen LogP contribution in [0.2, 0.25) is 0 Å². The SMILES string of the molecule is C.C.C.C.C.CCC/C(=C\C=C\C(=O)OCC)CC.CCOC(=O)/C=C/C=C(\CCNC(=O)OC(C)(C)C)CNC(=O)OC(C)(C)C.CCOC(=O)/C=C/C=C(\CCNS(C)(=O)=O)CNS(C)(=O)=O.CS(=O)(=O)Cl.CS(=O)(=O)NCC/C(=C\C=C\C(=O)O)CNS(C)(=O)=O.CS(=O)(=O)NCC/C(=C\C=C\C(=O)ON1C(=O)CCC1=O)CNS(C)(=O)=O.[Na+].[OH-]. The summed E-state index contributed by atoms with van der Waals surface area (Å²) < 4.78 is 190. The number of esters is 3. The van der Waals surface area contributed by atoms with E-state index in [-0.39, 0.29) is 156 Å². The van der Waals surface area contributed by atoms with Gasteiger partial charge in [0.05, 0.1) is 63.6 Å². The quantitative estimate of drug-likeness (QED) is 0.00791. The van der Waals surface area contributed by atoms with Crippen molar-refractivity contribution in [1.82, 2.24) is 44.0 Å². The predicted molar refractivity (Wildman–Crippen MR) is 476 cm³/mol. The number of hydrogen-bond donors (Lipinski definition) is 9. The molecule has 1 heterocycles. The molecular weight excluding hydrogens is 1790 g/mol. The molecule has 10 N–H and O–H groups in total. The standard InChI is InChI=1S/C20H34N2O6.C14H21N3O8S2.C12H22N2O6S2.C12H20O2.C10H18N2O6S2.CH3ClO2S.5CH4.Na.H2O/c1-8-26-16(23)11-9-10-15(14-22-18(25)28-20(5,6)7)12-13-21-17(24)27-19(2,3)4;1-26(21,22)15-9-8-11(10-16-27(2,23)24)4-3-5-14(20)25-17-12(18)6-7-13(17)19;1-4-20-12(15)7-5-6-11(10-14-22(3,18)19)8-9-13-21(2,16)17;1-4-8-11(5-2)9-7-10-12(13)14-6-3;1-19(15,16)11-7-6-9(4-3-5-10(13)14)8-12-20(2,17)18;1-5(2,3)4;;;;;;;/h9-11H,8,12-14H2,1-7H3,(H,21,24)(H,22,25);3-5,15-16H,6-10H2,1-2H3;5-7,13-14H,4,8-10H2,1-3H3;7,9-10H,4-6,8H2,1-3H3;3-5,11-12H,6-8H2,1-2H3,(H,13,14);1H3;5*1H4;;1H2/q;;;;;;;;;;;+1;/p-1/b11-9+,15-10+;5-3+,11-4+;7-5+,11-6+;10-7+,11-9-;5-3+,9-4+;;;;;;;;. The first kappa shape index (κ1) is 142. The summed E-state index contributed by atoms with van der Waals surface area (Å²) in [7, 11) is -18.9. The first-order valence-electron chi connectivity index (χ1n) is 35.1. The van der Waals surface area contributed by atoms with Gasteiger partial charge in [-0.15, -0.1) is 5.06 Å². The van der Waals surface area contributed by atoms with Crippen LogP contribution in [0.25, 0.3) is 0 Å². The topological polar surface area (TPSA) is 598 Å². The van der Waals surface area contributed by atoms with E-state index >= 15 is 0 Å². The zero-order valence-electron chi connectivity index (χ0n) is 70.2. The second-order valence-electron chi connectivity index (χ2n) is 25.9. The number of carbonyl (C=O) groups is 9. The Morgan fingerprint density at radius 1 is 0.398 bits per heavy atom. The van der Waals surface area contributed by atoms with Gasteiger partial charge in [0.25, 0.3) is 11.8 Å². The van der Waals surface area contributed by atoms with Crippen molar-refractivity contribution in [3.8, 4) is 0 Å². The summed E-state index contributed by atoms with van der Waals surface area (Å²) in [5, 5.41) is 14.2. The third-order valence-electron chi connectivity index (χ3n) is 12.0. The van der Waals surface area contributed by atoms with Crippen LogP contribution in [0.5, 0.6) is 0 Å². The molecule has 1 aliphatic heterocycles. The summed E-state index contributed by atoms with van der Waals surface area (Å²) in [6.45, 7) is 21.8. The Bertz CT molecular complexity index is 4300. The number of rotatable bonds is 43. The number of halogens is 1. The molecule has 0 radical (unpaired) electrons. The van der Waals surface area contributed by atoms with E-state index in [0.29, 0.717) is 54.4 Å². The van der Waals surface area contributed by atoms with E-state index in [1.807, 2.05) is 6.08 Å². The fourth-order valence-electron chi connectivity index (χ4n) is 7.29. The van der Waals surface area contributed by atoms with Crippen LogP contribution >= 0.6 is 10.7 Å². The van der Waals surface area contributed by atoms with Crippen LogP contribution in [-0.2, 0) is 131 Å². The van der Waals surface area contributed by atoms with Crippen LogP contribution in [0.4, 0.5) is 9.59 Å². The zero-order valence-corrected chi connectivity index (χ0v) is 78.7. The van der Waals surface area contributed by atoms with Crippen molar-refractivity contribution in [2.24, 2.45) is 0 Å². The maximum absolute atomic E-state index is 11.8. The van der Waals surface area contributed by atoms with Crippen molar-refractivity contribution in [3.63, 3.8) is 0 Å². The number of nitrogens with one attached hydrogen (secondary N) is 8. The smallest absolute Gasteiger partial charge is 0.870 e. The number of carboxylic acid groups (broad SMARTS) is 1. The molecule has 0 atom stereocenters. The number of aliphatic carboxylic acids is 1. The Kier molecular flexibility index (Phi) is 86.8. The Balaban J connectivity index is -0.000000123. The molecule has 0 aromatic carbocycles. The number of carboxylic acids is 1. The molecule has 0 aromatic rings. The number of hydrogen-bond acceptors (Lipinski definition) is 30. The number of nitrogens with zero attached hydrogens (tertiary/aromatic N) is 1. The maximum atomic E-state index is 11.8. The molecule has 4 amide bonds. The van der Waals surface area contributed by atoms with Gasteiger partial charge in [-0.2, -0.15) is 0 Å². The van der Waals surface area contributed by atoms with Crippen LogP contribution in [0.3, 0.4) is 0 Å². The summed E-state index contributed by atoms with van der Waals surface area (Å²) in [4.78, 5) is 106. The first-order chi connectivity index (χ1) is 53.0. The molecule has 0 bridgehead atoms. The van der Waals surface area contributed by atoms with Gasteiger partial charge in [0, 0.05) is 106 Å². The molecule has 0 spiro atoms. The van der Waals surface area contributed by atoms with Crippen LogP contribution in [0.1, 0.15) is 171 Å². The van der Waals surface area contributed by atoms with Gasteiger partial charge >= 0.3 is 71.6 Å². The molecule has 1 fully saturated rings. The number of allylic oxidation sites excluding steroid dienone is 11. The molecule has 40 nitrogen and oxygen atoms in total. The summed E-state index contributed by atoms with van der Waals surface area (Å²) in [5.74, 6) is -4.54. The van der Waals surface area contributed by atoms with Gasteiger partial charge in [-0.1, -0.05) is 140 Å². The molecule has 1 saturated heterocycles. The minimum atomic E-state index is -3.47. The summed E-state index contributed by atoms with van der Waals surface area (Å²) in [6.07, 6.45) is 31.4. The zero-order chi connectivity index (χ0) is 90.8. The van der Waals surface area contributed by atoms with Crippen LogP contribution in [0, 0.1) is 0 Å². The number of hydroxylamine groups is 2. The second-order valence-corrected chi connectivity index (χ2v) is 39.9. The number of ether oxygens (including phenoxy) is 5. The predicted octanol–water partition coefficient (Wildman–Crippen LogP) is 4.03. The Labute approximate surface area is 759 Å². The Morgan fingerprint density at radius 2 is 0.650 bits per heavy atom. The molecule has 1 aliphatic rings. The van der Waals surface area contributed by atoms with Crippen molar-refractivity contribution in [3.05, 3.63) is 119 Å². The summed E-state index contributed by atoms with van der Waals surface area (Å²) in [6, 6.07) is 0. The van der Waals surface area contributed by atoms with E-state index in [4.69, 9.17) is 28.8 Å². The first-order valence-corrected chi connectivity index (χ1v) is 49.2. The van der Waals surface area contributed by atoms with Gasteiger partial charge in [-0.05, 0) is 106 Å². The normalized spacial score (nSPS) is 12.9. The number of alkyl carbamates (subject to hydrolysis) is 2. The molecule has 1 rings (SSSR count). The minimum Gasteiger partial charge on any atom is -0.870 e. The molecular formula is C74H139ClN9NaO31S7. The molecule has 0 unspecified atom stereocenters. The van der Waals surface area contributed by atoms with E-state index < -0.39 is 128 Å². The average Bonchev–Trinajstić information content (AvgIpc) is 1.73. The molecule has 0 aromatic heterocycles. The van der Waals surface area contributed by atoms with E-state index in [9.17, 15) is 102 Å². The third kappa shape index (κ3) is 113. The third-order valence-corrected chi connectivity index (χ3v) is 16.2. The number of carbonyl (C=O) groups excluding carboxylic acids is 8. The van der Waals surface area contributed by atoms with Gasteiger partial charge in [0.1, 0.15) is 11.2 Å². The van der Waals surface area contributed by atoms with Crippen molar-refractivity contribution < 1.29 is 171 Å². The van der Waals surface area contributed by atoms with Crippen molar-refractivity contribution in [2.45, 2.75) is 182 Å². The van der Waals surface area contributed by atoms with Gasteiger partial charge in [0.15, 0.2) is 0 Å². The van der Waals surface area contributed by atoms with Gasteiger partial charge < -0.3 is 49.7 Å². The van der Waals surface area contributed by atoms with Crippen LogP contribution in [-0.4, -0.2) is 256 Å².